The summed E-state index contributed by atoms with van der Waals surface area (Å²) in [7, 11) is 0. The Morgan fingerprint density at radius 3 is 0.750 bits per heavy atom. The Morgan fingerprint density at radius 1 is 0.750 bits per heavy atom. The molecule has 0 bridgehead atoms. The third-order valence-electron chi connectivity index (χ3n) is 0. The van der Waals surface area contributed by atoms with Crippen molar-refractivity contribution in [3.63, 3.8) is 0 Å². The summed E-state index contributed by atoms with van der Waals surface area (Å²) in [5.74, 6) is 0. The van der Waals surface area contributed by atoms with Crippen LogP contribution in [0.2, 0.25) is 0 Å². The van der Waals surface area contributed by atoms with Crippen molar-refractivity contribution in [2.24, 2.45) is 0 Å². The molecule has 0 saturated heterocycles. The SMILES string of the molecule is [CH3-].[CH3-].[W].[Y]. The van der Waals surface area contributed by atoms with Gasteiger partial charge in [-0.15, -0.1) is 0 Å². The van der Waals surface area contributed by atoms with Crippen LogP contribution in [0.3, 0.4) is 0 Å². The average Bonchev–Trinajstić information content (AvgIpc) is 0. The molecule has 0 aliphatic rings. The molecule has 1 radical (unpaired) electrons. The first-order valence-corrected chi connectivity index (χ1v) is 0. The van der Waals surface area contributed by atoms with Crippen molar-refractivity contribution in [1.29, 1.82) is 0 Å². The van der Waals surface area contributed by atoms with E-state index in [0.29, 0.717) is 0 Å². The van der Waals surface area contributed by atoms with Crippen LogP contribution in [-0.2, 0) is 53.8 Å². The second-order valence-electron chi connectivity index (χ2n) is 0. The van der Waals surface area contributed by atoms with Gasteiger partial charge < -0.3 is 14.9 Å². The molecule has 0 unspecified atom stereocenters. The number of rotatable bonds is 0. The van der Waals surface area contributed by atoms with E-state index in [1.165, 1.54) is 0 Å². The van der Waals surface area contributed by atoms with E-state index in [1.54, 1.807) is 0 Å². The first-order valence-electron chi connectivity index (χ1n) is 0. The van der Waals surface area contributed by atoms with Gasteiger partial charge in [0, 0.05) is 53.8 Å². The molecule has 0 aliphatic carbocycles. The normalized spacial score (nSPS) is 0. The quantitative estimate of drug-likeness (QED) is 0.583. The number of hydrogen-bond donors (Lipinski definition) is 0. The van der Waals surface area contributed by atoms with Crippen molar-refractivity contribution in [1.82, 2.24) is 0 Å². The van der Waals surface area contributed by atoms with E-state index in [4.69, 9.17) is 0 Å². The maximum absolute atomic E-state index is 0. The van der Waals surface area contributed by atoms with Crippen molar-refractivity contribution < 1.29 is 53.8 Å². The minimum absolute atomic E-state index is 0. The Morgan fingerprint density at radius 2 is 0.750 bits per heavy atom. The topological polar surface area (TPSA) is 0 Å². The maximum atomic E-state index is 0. The Bertz CT molecular complexity index is 6.00. The van der Waals surface area contributed by atoms with Crippen LogP contribution >= 0.6 is 0 Å². The van der Waals surface area contributed by atoms with Crippen LogP contribution in [0.15, 0.2) is 0 Å². The van der Waals surface area contributed by atoms with Crippen LogP contribution in [-0.4, -0.2) is 0 Å². The van der Waals surface area contributed by atoms with Gasteiger partial charge in [0.1, 0.15) is 0 Å². The summed E-state index contributed by atoms with van der Waals surface area (Å²) in [6.07, 6.45) is 0. The minimum Gasteiger partial charge on any atom is -0.358 e. The molecule has 0 fully saturated rings. The van der Waals surface area contributed by atoms with Crippen LogP contribution in [0, 0.1) is 14.9 Å². The average molecular weight is 303 g/mol. The summed E-state index contributed by atoms with van der Waals surface area (Å²) in [4.78, 5) is 0. The van der Waals surface area contributed by atoms with Gasteiger partial charge in [-0.05, 0) is 0 Å². The second kappa shape index (κ2) is 21.5. The molecule has 0 aliphatic heterocycles. The molecule has 0 nitrogen and oxygen atoms in total. The van der Waals surface area contributed by atoms with Gasteiger partial charge in [0.25, 0.3) is 0 Å². The van der Waals surface area contributed by atoms with Crippen molar-refractivity contribution >= 4 is 0 Å². The monoisotopic (exact) mass is 303 g/mol. The van der Waals surface area contributed by atoms with Gasteiger partial charge in [0.2, 0.25) is 0 Å². The van der Waals surface area contributed by atoms with Gasteiger partial charge in [0.15, 0.2) is 0 Å². The Labute approximate surface area is 67.9 Å². The summed E-state index contributed by atoms with van der Waals surface area (Å²) in [5.41, 5.74) is 0. The van der Waals surface area contributed by atoms with Crippen molar-refractivity contribution in [3.05, 3.63) is 14.9 Å². The molecule has 0 aromatic carbocycles. The molecule has 25 valence electrons. The zero-order valence-corrected chi connectivity index (χ0v) is 8.76. The van der Waals surface area contributed by atoms with Gasteiger partial charge >= 0.3 is 0 Å². The molecule has 0 aromatic rings. The Hall–Kier alpha value is 1.79. The fraction of sp³-hybridized carbons (Fsp3) is 0. The summed E-state index contributed by atoms with van der Waals surface area (Å²) >= 11 is 0. The fourth-order valence-electron chi connectivity index (χ4n) is 0. The summed E-state index contributed by atoms with van der Waals surface area (Å²) in [6.45, 7) is 0. The van der Waals surface area contributed by atoms with Crippen LogP contribution in [0.1, 0.15) is 0 Å². The molecule has 0 saturated carbocycles. The van der Waals surface area contributed by atoms with Crippen LogP contribution < -0.4 is 0 Å². The molecule has 0 amide bonds. The third kappa shape index (κ3) is 9.20. The molecule has 2 heteroatoms. The second-order valence-corrected chi connectivity index (χ2v) is 0. The van der Waals surface area contributed by atoms with Gasteiger partial charge in [0.05, 0.1) is 0 Å². The Balaban J connectivity index is 0. The molecule has 0 atom stereocenters. The predicted molar refractivity (Wildman–Crippen MR) is 12.8 cm³/mol. The molecule has 0 heterocycles. The van der Waals surface area contributed by atoms with Gasteiger partial charge in [-0.25, -0.2) is 0 Å². The molecule has 0 aromatic heterocycles. The van der Waals surface area contributed by atoms with Crippen LogP contribution in [0.4, 0.5) is 0 Å². The standard InChI is InChI=1S/2CH3.W.Y/h2*1H3;;/q2*-1;;. The van der Waals surface area contributed by atoms with E-state index in [2.05, 4.69) is 0 Å². The van der Waals surface area contributed by atoms with E-state index in [-0.39, 0.29) is 68.6 Å². The molecule has 0 rings (SSSR count). The summed E-state index contributed by atoms with van der Waals surface area (Å²) < 4.78 is 0. The molecular weight excluding hydrogens is 297 g/mol. The van der Waals surface area contributed by atoms with E-state index >= 15 is 0 Å². The zero-order chi connectivity index (χ0) is 0. The third-order valence-corrected chi connectivity index (χ3v) is 0. The molecule has 0 N–H and O–H groups in total. The van der Waals surface area contributed by atoms with Gasteiger partial charge in [-0.2, -0.15) is 0 Å². The first-order chi connectivity index (χ1) is 0. The molecule has 4 heavy (non-hydrogen) atoms. The van der Waals surface area contributed by atoms with E-state index in [0.717, 1.165) is 0 Å². The zero-order valence-electron chi connectivity index (χ0n) is 2.99. The number of hydrogen-bond acceptors (Lipinski definition) is 0. The van der Waals surface area contributed by atoms with Crippen molar-refractivity contribution in [2.45, 2.75) is 0 Å². The van der Waals surface area contributed by atoms with E-state index < -0.39 is 0 Å². The molecular formula is C2H6WY-2. The summed E-state index contributed by atoms with van der Waals surface area (Å²) in [6, 6.07) is 0. The van der Waals surface area contributed by atoms with Crippen molar-refractivity contribution in [2.75, 3.05) is 0 Å². The van der Waals surface area contributed by atoms with Gasteiger partial charge in [-0.3, -0.25) is 0 Å². The maximum Gasteiger partial charge on any atom is 0 e. The van der Waals surface area contributed by atoms with E-state index in [9.17, 15) is 0 Å². The smallest absolute Gasteiger partial charge is 0 e. The van der Waals surface area contributed by atoms with Crippen LogP contribution in [0.5, 0.6) is 0 Å². The minimum atomic E-state index is 0. The van der Waals surface area contributed by atoms with E-state index in [1.807, 2.05) is 0 Å². The van der Waals surface area contributed by atoms with Crippen LogP contribution in [0.25, 0.3) is 0 Å². The fourth-order valence-corrected chi connectivity index (χ4v) is 0. The van der Waals surface area contributed by atoms with Crippen molar-refractivity contribution in [3.8, 4) is 0 Å². The predicted octanol–water partition coefficient (Wildman–Crippen LogP) is 0.896. The Kier molecular flexibility index (Phi) is 222. The summed E-state index contributed by atoms with van der Waals surface area (Å²) in [5, 5.41) is 0. The molecule has 0 spiro atoms. The largest absolute Gasteiger partial charge is 0.358 e. The van der Waals surface area contributed by atoms with Gasteiger partial charge in [-0.1, -0.05) is 0 Å². The first kappa shape index (κ1) is 41.4.